The second kappa shape index (κ2) is 6.63. The van der Waals surface area contributed by atoms with Gasteiger partial charge >= 0.3 is 0 Å². The first-order valence-corrected chi connectivity index (χ1v) is 10.3. The predicted molar refractivity (Wildman–Crippen MR) is 108 cm³/mol. The van der Waals surface area contributed by atoms with Crippen molar-refractivity contribution in [3.63, 3.8) is 0 Å². The summed E-state index contributed by atoms with van der Waals surface area (Å²) in [6, 6.07) is 14.6. The second-order valence-corrected chi connectivity index (χ2v) is 8.55. The molecule has 4 heteroatoms. The Morgan fingerprint density at radius 1 is 1.07 bits per heavy atom. The number of piperidine rings is 1. The Hall–Kier alpha value is -2.33. The fraction of sp³-hybridized carbons (Fsp3) is 0.458. The number of carbonyl (C=O) groups is 1. The first-order valence-electron chi connectivity index (χ1n) is 10.3. The van der Waals surface area contributed by atoms with Gasteiger partial charge in [0.2, 0.25) is 0 Å². The van der Waals surface area contributed by atoms with Gasteiger partial charge in [-0.15, -0.1) is 0 Å². The van der Waals surface area contributed by atoms with Crippen molar-refractivity contribution in [2.45, 2.75) is 43.6 Å². The second-order valence-electron chi connectivity index (χ2n) is 8.55. The average Bonchev–Trinajstić information content (AvgIpc) is 2.71. The summed E-state index contributed by atoms with van der Waals surface area (Å²) in [5.74, 6) is 3.24. The number of hydrogen-bond acceptors (Lipinski definition) is 4. The van der Waals surface area contributed by atoms with Crippen LogP contribution in [0.3, 0.4) is 0 Å². The number of rotatable bonds is 3. The van der Waals surface area contributed by atoms with Crippen LogP contribution in [0.25, 0.3) is 0 Å². The molecule has 0 unspecified atom stereocenters. The zero-order valence-corrected chi connectivity index (χ0v) is 16.6. The summed E-state index contributed by atoms with van der Waals surface area (Å²) in [6.45, 7) is 1.07. The third kappa shape index (κ3) is 2.58. The summed E-state index contributed by atoms with van der Waals surface area (Å²) in [6.07, 6.45) is 4.33. The Morgan fingerprint density at radius 2 is 1.89 bits per heavy atom. The summed E-state index contributed by atoms with van der Waals surface area (Å²) < 4.78 is 12.2. The fourth-order valence-electron chi connectivity index (χ4n) is 5.90. The molecule has 0 spiro atoms. The van der Waals surface area contributed by atoms with Gasteiger partial charge in [0.05, 0.1) is 7.11 Å². The number of benzene rings is 2. The van der Waals surface area contributed by atoms with E-state index in [2.05, 4.69) is 18.0 Å². The van der Waals surface area contributed by atoms with Gasteiger partial charge in [0.1, 0.15) is 11.5 Å². The van der Waals surface area contributed by atoms with E-state index in [1.54, 1.807) is 7.11 Å². The first kappa shape index (κ1) is 17.7. The highest BCUT2D eigenvalue weighted by molar-refractivity contribution is 5.81. The summed E-state index contributed by atoms with van der Waals surface area (Å²) >= 11 is 0. The van der Waals surface area contributed by atoms with Crippen LogP contribution in [0.15, 0.2) is 42.5 Å². The van der Waals surface area contributed by atoms with E-state index in [4.69, 9.17) is 9.47 Å². The number of para-hydroxylation sites is 1. The van der Waals surface area contributed by atoms with Crippen LogP contribution in [-0.4, -0.2) is 37.4 Å². The molecule has 0 amide bonds. The summed E-state index contributed by atoms with van der Waals surface area (Å²) in [7, 11) is 3.92. The van der Waals surface area contributed by atoms with Crippen molar-refractivity contribution in [3.05, 3.63) is 53.6 Å². The van der Waals surface area contributed by atoms with E-state index in [9.17, 15) is 4.79 Å². The number of nitrogens with zero attached hydrogens (tertiary/aromatic N) is 1. The van der Waals surface area contributed by atoms with Crippen molar-refractivity contribution in [1.29, 1.82) is 0 Å². The molecule has 1 saturated carbocycles. The summed E-state index contributed by atoms with van der Waals surface area (Å²) in [4.78, 5) is 14.9. The molecule has 1 aliphatic heterocycles. The highest BCUT2D eigenvalue weighted by atomic mass is 16.5. The number of fused-ring (bicyclic) bond motifs is 1. The topological polar surface area (TPSA) is 38.8 Å². The Bertz CT molecular complexity index is 910. The Balaban J connectivity index is 1.70. The third-order valence-electron chi connectivity index (χ3n) is 7.27. The Morgan fingerprint density at radius 3 is 2.68 bits per heavy atom. The first-order chi connectivity index (χ1) is 13.6. The SMILES string of the molecule is COc1ccc2c(c1Oc1ccccc1)[C@@]13CCC(=O)C[C@H]1[C@@H](C2)N(C)CC3. The van der Waals surface area contributed by atoms with E-state index >= 15 is 0 Å². The van der Waals surface area contributed by atoms with Crippen LogP contribution in [0.1, 0.15) is 36.8 Å². The van der Waals surface area contributed by atoms with E-state index in [1.807, 2.05) is 36.4 Å². The molecule has 3 atom stereocenters. The van der Waals surface area contributed by atoms with Crippen LogP contribution >= 0.6 is 0 Å². The third-order valence-corrected chi connectivity index (χ3v) is 7.27. The maximum atomic E-state index is 12.4. The number of ketones is 1. The molecular weight excluding hydrogens is 350 g/mol. The molecule has 5 rings (SSSR count). The van der Waals surface area contributed by atoms with Crippen molar-refractivity contribution in [2.24, 2.45) is 5.92 Å². The summed E-state index contributed by atoms with van der Waals surface area (Å²) in [5, 5.41) is 0. The van der Waals surface area contributed by atoms with Gasteiger partial charge in [-0.2, -0.15) is 0 Å². The number of likely N-dealkylation sites (N-methyl/N-ethyl adjacent to an activating group) is 1. The molecule has 2 fully saturated rings. The molecule has 3 aliphatic rings. The molecular formula is C24H27NO3. The molecule has 4 nitrogen and oxygen atoms in total. The molecule has 28 heavy (non-hydrogen) atoms. The Labute approximate surface area is 166 Å². The average molecular weight is 377 g/mol. The van der Waals surface area contributed by atoms with Crippen LogP contribution in [0.2, 0.25) is 0 Å². The molecule has 2 aromatic rings. The lowest BCUT2D eigenvalue weighted by atomic mass is 9.52. The van der Waals surface area contributed by atoms with Crippen molar-refractivity contribution in [1.82, 2.24) is 4.90 Å². The number of carbonyl (C=O) groups excluding carboxylic acids is 1. The molecule has 1 saturated heterocycles. The molecule has 0 N–H and O–H groups in total. The van der Waals surface area contributed by atoms with Gasteiger partial charge in [0.15, 0.2) is 11.5 Å². The number of methoxy groups -OCH3 is 1. The van der Waals surface area contributed by atoms with Crippen molar-refractivity contribution >= 4 is 5.78 Å². The largest absolute Gasteiger partial charge is 0.493 e. The minimum absolute atomic E-state index is 0.0112. The molecule has 2 bridgehead atoms. The standard InChI is InChI=1S/C24H27NO3/c1-25-13-12-24-11-10-17(26)15-19(24)20(25)14-16-8-9-21(27-2)23(22(16)24)28-18-6-4-3-5-7-18/h3-9,19-20H,10-15H2,1-2H3/t19-,20+,24+/m0/s1. The van der Waals surface area contributed by atoms with Gasteiger partial charge in [-0.3, -0.25) is 4.79 Å². The maximum Gasteiger partial charge on any atom is 0.173 e. The lowest BCUT2D eigenvalue weighted by Gasteiger charge is -2.58. The van der Waals surface area contributed by atoms with Crippen LogP contribution in [0.4, 0.5) is 0 Å². The quantitative estimate of drug-likeness (QED) is 0.797. The van der Waals surface area contributed by atoms with Crippen LogP contribution in [0, 0.1) is 5.92 Å². The van der Waals surface area contributed by atoms with Crippen LogP contribution in [-0.2, 0) is 16.6 Å². The molecule has 2 aromatic carbocycles. The predicted octanol–water partition coefficient (Wildman–Crippen LogP) is 4.35. The van der Waals surface area contributed by atoms with Crippen LogP contribution in [0.5, 0.6) is 17.2 Å². The van der Waals surface area contributed by atoms with Gasteiger partial charge in [0, 0.05) is 29.9 Å². The smallest absolute Gasteiger partial charge is 0.173 e. The zero-order chi connectivity index (χ0) is 19.3. The minimum Gasteiger partial charge on any atom is -0.493 e. The lowest BCUT2D eigenvalue weighted by Crippen LogP contribution is -2.60. The summed E-state index contributed by atoms with van der Waals surface area (Å²) in [5.41, 5.74) is 2.67. The highest BCUT2D eigenvalue weighted by Gasteiger charge is 2.56. The normalized spacial score (nSPS) is 29.0. The number of hydrogen-bond donors (Lipinski definition) is 0. The molecule has 0 radical (unpaired) electrons. The van der Waals surface area contributed by atoms with Gasteiger partial charge < -0.3 is 14.4 Å². The van der Waals surface area contributed by atoms with Crippen LogP contribution < -0.4 is 9.47 Å². The molecule has 1 heterocycles. The molecule has 2 aliphatic carbocycles. The monoisotopic (exact) mass is 377 g/mol. The van der Waals surface area contributed by atoms with E-state index in [-0.39, 0.29) is 5.41 Å². The van der Waals surface area contributed by atoms with Crippen molar-refractivity contribution in [3.8, 4) is 17.2 Å². The van der Waals surface area contributed by atoms with Crippen molar-refractivity contribution < 1.29 is 14.3 Å². The zero-order valence-electron chi connectivity index (χ0n) is 16.6. The van der Waals surface area contributed by atoms with E-state index < -0.39 is 0 Å². The van der Waals surface area contributed by atoms with Gasteiger partial charge in [-0.25, -0.2) is 0 Å². The lowest BCUT2D eigenvalue weighted by molar-refractivity contribution is -0.127. The highest BCUT2D eigenvalue weighted by Crippen LogP contribution is 2.59. The maximum absolute atomic E-state index is 12.4. The number of likely N-dealkylation sites (tertiary alicyclic amines) is 1. The van der Waals surface area contributed by atoms with Gasteiger partial charge in [-0.1, -0.05) is 24.3 Å². The minimum atomic E-state index is 0.0112. The van der Waals surface area contributed by atoms with E-state index in [1.165, 1.54) is 11.1 Å². The van der Waals surface area contributed by atoms with Gasteiger partial charge in [0.25, 0.3) is 0 Å². The number of ether oxygens (including phenoxy) is 2. The van der Waals surface area contributed by atoms with E-state index in [0.717, 1.165) is 43.1 Å². The number of Topliss-reactive ketones (excluding diaryl/α,β-unsaturated/α-hetero) is 1. The fourth-order valence-corrected chi connectivity index (χ4v) is 5.90. The van der Waals surface area contributed by atoms with E-state index in [0.29, 0.717) is 30.6 Å². The van der Waals surface area contributed by atoms with Gasteiger partial charge in [-0.05, 0) is 62.5 Å². The van der Waals surface area contributed by atoms with Crippen molar-refractivity contribution in [2.75, 3.05) is 20.7 Å². The molecule has 0 aromatic heterocycles. The Kier molecular flexibility index (Phi) is 4.20. The molecule has 146 valence electrons.